The van der Waals surface area contributed by atoms with Crippen LogP contribution in [0.15, 0.2) is 24.0 Å². The van der Waals surface area contributed by atoms with E-state index in [9.17, 15) is 14.7 Å². The van der Waals surface area contributed by atoms with E-state index in [-0.39, 0.29) is 22.4 Å². The van der Waals surface area contributed by atoms with Crippen molar-refractivity contribution in [2.75, 3.05) is 14.2 Å². The Labute approximate surface area is 168 Å². The number of ketones is 1. The largest absolute Gasteiger partial charge is 0.493 e. The molecule has 2 fully saturated rings. The van der Waals surface area contributed by atoms with Crippen LogP contribution in [-0.4, -0.2) is 36.7 Å². The van der Waals surface area contributed by atoms with Gasteiger partial charge in [-0.25, -0.2) is 4.79 Å². The lowest BCUT2D eigenvalue weighted by Crippen LogP contribution is -2.54. The fraction of sp³-hybridized carbons (Fsp3) is 0.739. The lowest BCUT2D eigenvalue weighted by molar-refractivity contribution is -0.167. The van der Waals surface area contributed by atoms with Gasteiger partial charge >= 0.3 is 5.97 Å². The molecule has 1 N–H and O–H groups in total. The van der Waals surface area contributed by atoms with Gasteiger partial charge in [0.1, 0.15) is 0 Å². The van der Waals surface area contributed by atoms with Crippen LogP contribution in [0.1, 0.15) is 59.3 Å². The summed E-state index contributed by atoms with van der Waals surface area (Å²) >= 11 is 0. The second kappa shape index (κ2) is 7.01. The highest BCUT2D eigenvalue weighted by molar-refractivity contribution is 6.05. The van der Waals surface area contributed by atoms with Crippen molar-refractivity contribution in [3.8, 4) is 0 Å². The Morgan fingerprint density at radius 1 is 1.32 bits per heavy atom. The first kappa shape index (κ1) is 21.1. The van der Waals surface area contributed by atoms with Crippen molar-refractivity contribution in [3.63, 3.8) is 0 Å². The number of hydrogen-bond acceptors (Lipinski definition) is 5. The number of allylic oxidation sites excluding steroid dienone is 2. The molecule has 0 spiro atoms. The molecule has 0 radical (unpaired) electrons. The van der Waals surface area contributed by atoms with E-state index in [0.717, 1.165) is 32.1 Å². The van der Waals surface area contributed by atoms with Crippen molar-refractivity contribution in [2.24, 2.45) is 28.6 Å². The molecule has 0 aromatic carbocycles. The van der Waals surface area contributed by atoms with E-state index in [4.69, 9.17) is 9.47 Å². The molecule has 0 aromatic heterocycles. The number of fused-ring (bicyclic) bond motifs is 1. The molecule has 0 heterocycles. The maximum Gasteiger partial charge on any atom is 0.342 e. The van der Waals surface area contributed by atoms with Crippen LogP contribution >= 0.6 is 0 Å². The van der Waals surface area contributed by atoms with Gasteiger partial charge in [0.25, 0.3) is 0 Å². The minimum Gasteiger partial charge on any atom is -0.493 e. The van der Waals surface area contributed by atoms with Gasteiger partial charge in [-0.15, -0.1) is 0 Å². The Morgan fingerprint density at radius 2 is 2.00 bits per heavy atom. The van der Waals surface area contributed by atoms with E-state index in [1.165, 1.54) is 25.9 Å². The van der Waals surface area contributed by atoms with Crippen molar-refractivity contribution >= 4 is 11.8 Å². The summed E-state index contributed by atoms with van der Waals surface area (Å²) in [6.45, 7) is 11.2. The smallest absolute Gasteiger partial charge is 0.342 e. The highest BCUT2D eigenvalue weighted by Crippen LogP contribution is 2.63. The maximum atomic E-state index is 13.0. The molecular formula is C23H34O5. The second-order valence-corrected chi connectivity index (χ2v) is 9.56. The van der Waals surface area contributed by atoms with E-state index in [2.05, 4.69) is 27.4 Å². The molecule has 3 aliphatic rings. The summed E-state index contributed by atoms with van der Waals surface area (Å²) in [5.41, 5.74) is -0.824. The minimum absolute atomic E-state index is 0.0424. The summed E-state index contributed by atoms with van der Waals surface area (Å²) in [4.78, 5) is 25.5. The first-order valence-electron chi connectivity index (χ1n) is 10.3. The average molecular weight is 391 g/mol. The Balaban J connectivity index is 2.00. The van der Waals surface area contributed by atoms with Crippen LogP contribution in [0, 0.1) is 28.6 Å². The van der Waals surface area contributed by atoms with Crippen LogP contribution in [0.25, 0.3) is 0 Å². The van der Waals surface area contributed by atoms with E-state index >= 15 is 0 Å². The summed E-state index contributed by atoms with van der Waals surface area (Å²) in [5.74, 6) is -1.23. The van der Waals surface area contributed by atoms with E-state index in [0.29, 0.717) is 18.3 Å². The quantitative estimate of drug-likeness (QED) is 0.584. The zero-order chi connectivity index (χ0) is 20.9. The van der Waals surface area contributed by atoms with Crippen molar-refractivity contribution in [1.29, 1.82) is 0 Å². The summed E-state index contributed by atoms with van der Waals surface area (Å²) < 4.78 is 10.0. The summed E-state index contributed by atoms with van der Waals surface area (Å²) in [5, 5.41) is 11.2. The van der Waals surface area contributed by atoms with Crippen LogP contribution in [-0.2, 0) is 19.1 Å². The van der Waals surface area contributed by atoms with Crippen molar-refractivity contribution < 1.29 is 24.2 Å². The summed E-state index contributed by atoms with van der Waals surface area (Å²) in [6, 6.07) is 0. The van der Waals surface area contributed by atoms with Gasteiger partial charge in [-0.1, -0.05) is 32.9 Å². The number of rotatable bonds is 4. The monoisotopic (exact) mass is 390 g/mol. The van der Waals surface area contributed by atoms with E-state index in [1.807, 2.05) is 0 Å². The Morgan fingerprint density at radius 3 is 2.61 bits per heavy atom. The summed E-state index contributed by atoms with van der Waals surface area (Å²) in [7, 11) is 2.62. The minimum atomic E-state index is -1.97. The fourth-order valence-electron chi connectivity index (χ4n) is 6.27. The van der Waals surface area contributed by atoms with E-state index in [1.54, 1.807) is 0 Å². The normalized spacial score (nSPS) is 43.4. The fourth-order valence-corrected chi connectivity index (χ4v) is 6.27. The third kappa shape index (κ3) is 2.85. The Hall–Kier alpha value is -1.62. The lowest BCUT2D eigenvalue weighted by atomic mass is 9.45. The maximum absolute atomic E-state index is 13.0. The molecule has 2 saturated carbocycles. The second-order valence-electron chi connectivity index (χ2n) is 9.56. The van der Waals surface area contributed by atoms with Gasteiger partial charge < -0.3 is 14.6 Å². The Kier molecular flexibility index (Phi) is 5.28. The average Bonchev–Trinajstić information content (AvgIpc) is 2.91. The molecule has 0 bridgehead atoms. The number of Topliss-reactive ketones (excluding diaryl/α,β-unsaturated/α-hetero) is 1. The zero-order valence-corrected chi connectivity index (χ0v) is 17.8. The van der Waals surface area contributed by atoms with Crippen LogP contribution in [0.4, 0.5) is 0 Å². The van der Waals surface area contributed by atoms with Crippen LogP contribution in [0.3, 0.4) is 0 Å². The molecule has 5 heteroatoms. The highest BCUT2D eigenvalue weighted by Gasteiger charge is 2.60. The van der Waals surface area contributed by atoms with E-state index < -0.39 is 17.5 Å². The van der Waals surface area contributed by atoms with Gasteiger partial charge in [-0.2, -0.15) is 0 Å². The number of hydrogen-bond donors (Lipinski definition) is 1. The first-order valence-corrected chi connectivity index (χ1v) is 10.3. The third-order valence-electron chi connectivity index (χ3n) is 8.38. The van der Waals surface area contributed by atoms with Crippen LogP contribution < -0.4 is 0 Å². The van der Waals surface area contributed by atoms with Gasteiger partial charge in [0.05, 0.1) is 20.1 Å². The molecule has 0 aromatic rings. The zero-order valence-electron chi connectivity index (χ0n) is 17.8. The van der Waals surface area contributed by atoms with Crippen molar-refractivity contribution in [1.82, 2.24) is 0 Å². The molecule has 28 heavy (non-hydrogen) atoms. The molecular weight excluding hydrogens is 356 g/mol. The van der Waals surface area contributed by atoms with Gasteiger partial charge in [0.15, 0.2) is 11.4 Å². The third-order valence-corrected chi connectivity index (χ3v) is 8.38. The number of aliphatic hydroxyl groups is 1. The Bertz CT molecular complexity index is 725. The van der Waals surface area contributed by atoms with Gasteiger partial charge in [-0.05, 0) is 61.2 Å². The molecule has 1 unspecified atom stereocenters. The summed E-state index contributed by atoms with van der Waals surface area (Å²) in [6.07, 6.45) is 7.05. The predicted molar refractivity (Wildman–Crippen MR) is 106 cm³/mol. The standard InChI is InChI=1S/C23H34O5/c1-14-8-7-9-18-21(14,3)11-10-15(2)22(18,4)12-16-19(24)17(27-5)13-23(16,26)20(25)28-6/h13,15-16,18,26H,1,7-12H2,2-6H3/t15-,16?,18+,21+,22+,23-/m0/s1. The molecule has 3 rings (SSSR count). The highest BCUT2D eigenvalue weighted by atomic mass is 16.5. The molecule has 3 aliphatic carbocycles. The number of ether oxygens (including phenoxy) is 2. The van der Waals surface area contributed by atoms with Crippen molar-refractivity contribution in [2.45, 2.75) is 64.9 Å². The van der Waals surface area contributed by atoms with Crippen LogP contribution in [0.2, 0.25) is 0 Å². The van der Waals surface area contributed by atoms with Crippen molar-refractivity contribution in [3.05, 3.63) is 24.0 Å². The molecule has 6 atom stereocenters. The number of methoxy groups -OCH3 is 2. The molecule has 0 saturated heterocycles. The molecule has 0 amide bonds. The topological polar surface area (TPSA) is 72.8 Å². The van der Waals surface area contributed by atoms with Gasteiger partial charge in [0.2, 0.25) is 5.78 Å². The number of esters is 1. The van der Waals surface area contributed by atoms with Crippen LogP contribution in [0.5, 0.6) is 0 Å². The SMILES string of the molecule is C=C1CCC[C@H]2[C@](C)(CC3C(=O)C(OC)=C[C@@]3(O)C(=O)OC)[C@@H](C)CC[C@]12C. The number of carbonyl (C=O) groups is 2. The molecule has 156 valence electrons. The van der Waals surface area contributed by atoms with Gasteiger partial charge in [-0.3, -0.25) is 4.79 Å². The molecule has 5 nitrogen and oxygen atoms in total. The predicted octanol–water partition coefficient (Wildman–Crippen LogP) is 3.81. The lowest BCUT2D eigenvalue weighted by Gasteiger charge is -2.59. The first-order chi connectivity index (χ1) is 13.0. The van der Waals surface area contributed by atoms with Gasteiger partial charge in [0, 0.05) is 6.08 Å². The number of carbonyl (C=O) groups excluding carboxylic acids is 2. The molecule has 0 aliphatic heterocycles.